The van der Waals surface area contributed by atoms with E-state index in [1.165, 1.54) is 11.1 Å². The van der Waals surface area contributed by atoms with Crippen LogP contribution >= 0.6 is 0 Å². The molecule has 0 bridgehead atoms. The van der Waals surface area contributed by atoms with Gasteiger partial charge in [-0.1, -0.05) is 148 Å². The summed E-state index contributed by atoms with van der Waals surface area (Å²) in [4.78, 5) is 24.7. The zero-order valence-electron chi connectivity index (χ0n) is 32.3. The topological polar surface area (TPSA) is 64.1 Å². The van der Waals surface area contributed by atoms with Gasteiger partial charge in [0, 0.05) is 33.8 Å². The van der Waals surface area contributed by atoms with Gasteiger partial charge in [0.1, 0.15) is 11.3 Å². The Morgan fingerprint density at radius 3 is 1.88 bits per heavy atom. The maximum Gasteiger partial charge on any atom is 0.196 e. The molecule has 1 aromatic heterocycles. The van der Waals surface area contributed by atoms with Gasteiger partial charge in [0.15, 0.2) is 17.4 Å². The average Bonchev–Trinajstić information content (AvgIpc) is 3.11. The number of ketones is 1. The Labute approximate surface area is 309 Å². The number of anilines is 2. The van der Waals surface area contributed by atoms with Crippen LogP contribution in [-0.4, -0.2) is 15.8 Å². The van der Waals surface area contributed by atoms with E-state index in [0.717, 1.165) is 28.9 Å². The van der Waals surface area contributed by atoms with Crippen LogP contribution in [0.4, 0.5) is 11.4 Å². The number of rotatable bonds is 7. The van der Waals surface area contributed by atoms with Gasteiger partial charge in [-0.3, -0.25) is 4.79 Å². The second-order valence-corrected chi connectivity index (χ2v) is 16.4. The number of para-hydroxylation sites is 1. The van der Waals surface area contributed by atoms with E-state index in [9.17, 15) is 4.79 Å². The van der Waals surface area contributed by atoms with Crippen molar-refractivity contribution in [2.45, 2.75) is 86.5 Å². The predicted octanol–water partition coefficient (Wildman–Crippen LogP) is 13.1. The van der Waals surface area contributed by atoms with Crippen molar-refractivity contribution >= 4 is 28.1 Å². The molecular formula is C47H51N3O2. The number of benzene rings is 5. The predicted molar refractivity (Wildman–Crippen MR) is 217 cm³/mol. The molecule has 1 aliphatic carbocycles. The lowest BCUT2D eigenvalue weighted by Gasteiger charge is -2.33. The molecule has 5 aromatic carbocycles. The SMILES string of the molecule is CC.CC(C)(C)CC(C)(C)c1ccc(Oc2cc(Nc3ccccc3)c3c4c(nc(-c5ccc(C(C)(C)C)cc5)nc24)-c2ccccc2C3=O)cc1. The zero-order valence-corrected chi connectivity index (χ0v) is 32.3. The van der Waals surface area contributed by atoms with Crippen LogP contribution in [0.1, 0.15) is 103 Å². The smallest absolute Gasteiger partial charge is 0.196 e. The summed E-state index contributed by atoms with van der Waals surface area (Å²) >= 11 is 0. The Balaban J connectivity index is 0.00000228. The van der Waals surface area contributed by atoms with Gasteiger partial charge in [-0.15, -0.1) is 0 Å². The van der Waals surface area contributed by atoms with E-state index in [1.54, 1.807) is 0 Å². The molecule has 7 rings (SSSR count). The number of nitrogens with one attached hydrogen (secondary N) is 1. The van der Waals surface area contributed by atoms with Crippen molar-refractivity contribution in [1.82, 2.24) is 9.97 Å². The first-order valence-electron chi connectivity index (χ1n) is 18.4. The third-order valence-corrected chi connectivity index (χ3v) is 9.49. The fourth-order valence-electron chi connectivity index (χ4n) is 7.37. The highest BCUT2D eigenvalue weighted by Crippen LogP contribution is 2.47. The quantitative estimate of drug-likeness (QED) is 0.180. The van der Waals surface area contributed by atoms with E-state index in [0.29, 0.717) is 45.0 Å². The number of carbonyl (C=O) groups excluding carboxylic acids is 1. The summed E-state index contributed by atoms with van der Waals surface area (Å²) in [7, 11) is 0. The van der Waals surface area contributed by atoms with E-state index in [-0.39, 0.29) is 22.0 Å². The van der Waals surface area contributed by atoms with Crippen LogP contribution < -0.4 is 10.1 Å². The van der Waals surface area contributed by atoms with Gasteiger partial charge in [-0.25, -0.2) is 9.97 Å². The third-order valence-electron chi connectivity index (χ3n) is 9.49. The molecule has 1 N–H and O–H groups in total. The second-order valence-electron chi connectivity index (χ2n) is 16.4. The van der Waals surface area contributed by atoms with Crippen molar-refractivity contribution in [2.75, 3.05) is 5.32 Å². The van der Waals surface area contributed by atoms with Crippen molar-refractivity contribution in [3.8, 4) is 34.1 Å². The lowest BCUT2D eigenvalue weighted by molar-refractivity contribution is 0.104. The van der Waals surface area contributed by atoms with E-state index < -0.39 is 0 Å². The number of carbonyl (C=O) groups is 1. The van der Waals surface area contributed by atoms with Crippen LogP contribution in [-0.2, 0) is 10.8 Å². The van der Waals surface area contributed by atoms with Crippen molar-refractivity contribution in [1.29, 1.82) is 0 Å². The Bertz CT molecular complexity index is 2220. The zero-order chi connectivity index (χ0) is 37.4. The molecule has 0 saturated heterocycles. The van der Waals surface area contributed by atoms with Crippen LogP contribution in [0, 0.1) is 5.41 Å². The fourth-order valence-corrected chi connectivity index (χ4v) is 7.37. The number of fused-ring (bicyclic) bond motifs is 2. The normalized spacial score (nSPS) is 12.5. The van der Waals surface area contributed by atoms with Crippen LogP contribution in [0.25, 0.3) is 33.5 Å². The lowest BCUT2D eigenvalue weighted by Crippen LogP contribution is -2.24. The van der Waals surface area contributed by atoms with E-state index >= 15 is 0 Å². The van der Waals surface area contributed by atoms with E-state index in [4.69, 9.17) is 14.7 Å². The average molecular weight is 690 g/mol. The van der Waals surface area contributed by atoms with Gasteiger partial charge >= 0.3 is 0 Å². The molecule has 0 fully saturated rings. The first-order chi connectivity index (χ1) is 24.7. The van der Waals surface area contributed by atoms with Crippen LogP contribution in [0.5, 0.6) is 11.5 Å². The number of ether oxygens (including phenoxy) is 1. The first kappa shape index (κ1) is 36.5. The molecule has 0 unspecified atom stereocenters. The number of nitrogens with zero attached hydrogens (tertiary/aromatic N) is 2. The molecule has 1 aliphatic rings. The summed E-state index contributed by atoms with van der Waals surface area (Å²) < 4.78 is 6.75. The standard InChI is InChI=1S/C45H45N3O2.C2H6/c1-43(2,3)27-45(7,8)30-22-24-32(25-23-30)50-36-26-35(46-31-14-10-9-11-15-31)37-38-39(33-16-12-13-17-34(33)41(37)49)47-42(48-40(36)38)28-18-20-29(21-19-28)44(4,5)6;1-2/h9-26,46H,27H2,1-8H3;1-2H3. The lowest BCUT2D eigenvalue weighted by atomic mass is 9.72. The maximum absolute atomic E-state index is 14.4. The highest BCUT2D eigenvalue weighted by molar-refractivity contribution is 6.28. The van der Waals surface area contributed by atoms with Gasteiger partial charge in [0.2, 0.25) is 0 Å². The monoisotopic (exact) mass is 689 g/mol. The Morgan fingerprint density at radius 1 is 0.673 bits per heavy atom. The van der Waals surface area contributed by atoms with Gasteiger partial charge < -0.3 is 10.1 Å². The molecule has 52 heavy (non-hydrogen) atoms. The summed E-state index contributed by atoms with van der Waals surface area (Å²) in [6.07, 6.45) is 1.05. The van der Waals surface area contributed by atoms with Crippen molar-refractivity contribution in [3.63, 3.8) is 0 Å². The minimum absolute atomic E-state index is 0.00220. The Hall–Kier alpha value is -5.29. The molecule has 0 spiro atoms. The Morgan fingerprint density at radius 2 is 1.27 bits per heavy atom. The molecular weight excluding hydrogens is 639 g/mol. The van der Waals surface area contributed by atoms with Gasteiger partial charge in [-0.05, 0) is 58.1 Å². The number of hydrogen-bond acceptors (Lipinski definition) is 5. The van der Waals surface area contributed by atoms with Crippen molar-refractivity contribution in [2.24, 2.45) is 5.41 Å². The summed E-state index contributed by atoms with van der Waals surface area (Å²) in [5.74, 6) is 1.75. The molecule has 0 aliphatic heterocycles. The van der Waals surface area contributed by atoms with E-state index in [1.807, 2.05) is 86.6 Å². The fraction of sp³-hybridized carbons (Fsp3) is 0.298. The molecule has 6 aromatic rings. The molecule has 0 amide bonds. The van der Waals surface area contributed by atoms with Gasteiger partial charge in [-0.2, -0.15) is 0 Å². The summed E-state index contributed by atoms with van der Waals surface area (Å²) in [5, 5.41) is 4.21. The van der Waals surface area contributed by atoms with Crippen molar-refractivity contribution in [3.05, 3.63) is 131 Å². The minimum Gasteiger partial charge on any atom is -0.455 e. The largest absolute Gasteiger partial charge is 0.455 e. The number of aromatic nitrogens is 2. The minimum atomic E-state index is -0.0700. The molecule has 266 valence electrons. The van der Waals surface area contributed by atoms with Crippen molar-refractivity contribution < 1.29 is 9.53 Å². The van der Waals surface area contributed by atoms with Gasteiger partial charge in [0.25, 0.3) is 0 Å². The molecule has 1 heterocycles. The Kier molecular flexibility index (Phi) is 9.85. The van der Waals surface area contributed by atoms with Gasteiger partial charge in [0.05, 0.1) is 16.9 Å². The van der Waals surface area contributed by atoms with Crippen LogP contribution in [0.15, 0.2) is 109 Å². The van der Waals surface area contributed by atoms with Crippen LogP contribution in [0.3, 0.4) is 0 Å². The molecule has 0 radical (unpaired) electrons. The van der Waals surface area contributed by atoms with Crippen LogP contribution in [0.2, 0.25) is 0 Å². The van der Waals surface area contributed by atoms with E-state index in [2.05, 4.69) is 97.1 Å². The summed E-state index contributed by atoms with van der Waals surface area (Å²) in [5.41, 5.74) is 8.38. The number of hydrogen-bond donors (Lipinski definition) is 1. The molecule has 5 nitrogen and oxygen atoms in total. The maximum atomic E-state index is 14.4. The third kappa shape index (κ3) is 7.36. The molecule has 0 atom stereocenters. The molecule has 0 saturated carbocycles. The summed E-state index contributed by atoms with van der Waals surface area (Å²) in [6, 6.07) is 36.3. The first-order valence-corrected chi connectivity index (χ1v) is 18.4. The highest BCUT2D eigenvalue weighted by atomic mass is 16.5. The second kappa shape index (κ2) is 14.0. The highest BCUT2D eigenvalue weighted by Gasteiger charge is 2.33. The molecule has 5 heteroatoms. The summed E-state index contributed by atoms with van der Waals surface area (Å²) in [6.45, 7) is 22.0.